The van der Waals surface area contributed by atoms with Crippen LogP contribution in [-0.2, 0) is 0 Å². The smallest absolute Gasteiger partial charge is 0.303 e. The molecule has 0 amide bonds. The van der Waals surface area contributed by atoms with Crippen LogP contribution in [0.25, 0.3) is 0 Å². The third kappa shape index (κ3) is 1.31. The maximum absolute atomic E-state index is 12.8. The van der Waals surface area contributed by atoms with Crippen LogP contribution in [0.4, 0.5) is 8.78 Å². The van der Waals surface area contributed by atoms with Crippen molar-refractivity contribution in [1.29, 1.82) is 0 Å². The van der Waals surface area contributed by atoms with Gasteiger partial charge in [-0.05, 0) is 12.8 Å². The van der Waals surface area contributed by atoms with Gasteiger partial charge in [-0.2, -0.15) is 0 Å². The Kier molecular flexibility index (Phi) is 2.33. The van der Waals surface area contributed by atoms with Gasteiger partial charge in [-0.15, -0.1) is 0 Å². The molecule has 0 saturated heterocycles. The highest BCUT2D eigenvalue weighted by atomic mass is 35.5. The Balaban J connectivity index is 2.99. The van der Waals surface area contributed by atoms with E-state index in [9.17, 15) is 8.78 Å². The molecule has 0 atom stereocenters. The topological polar surface area (TPSA) is 40.5 Å². The number of aliphatic hydroxyl groups is 2. The van der Waals surface area contributed by atoms with Crippen molar-refractivity contribution in [3.8, 4) is 0 Å². The van der Waals surface area contributed by atoms with Crippen molar-refractivity contribution in [2.75, 3.05) is 0 Å². The van der Waals surface area contributed by atoms with Gasteiger partial charge in [0.05, 0.1) is 0 Å². The Hall–Kier alpha value is 0.360. The summed E-state index contributed by atoms with van der Waals surface area (Å²) in [5.74, 6) is -6.98. The van der Waals surface area contributed by atoms with Crippen molar-refractivity contribution in [3.63, 3.8) is 0 Å². The van der Waals surface area contributed by atoms with Gasteiger partial charge in [-0.1, -0.05) is 23.2 Å². The fraction of sp³-hybridized carbons (Fsp3) is 1.00. The minimum Gasteiger partial charge on any atom is -0.359 e. The molecule has 0 aromatic rings. The standard InChI is InChI=1S/C6H8Cl2F2O2/c7-4(8)2-1-3-5(9,10)6(4,11)12/h11-12H,1-3H2. The number of rotatable bonds is 0. The summed E-state index contributed by atoms with van der Waals surface area (Å²) in [5, 5.41) is 17.9. The van der Waals surface area contributed by atoms with Crippen LogP contribution < -0.4 is 0 Å². The first-order valence-corrected chi connectivity index (χ1v) is 4.17. The predicted molar refractivity (Wildman–Crippen MR) is 40.4 cm³/mol. The van der Waals surface area contributed by atoms with Gasteiger partial charge in [0.25, 0.3) is 5.79 Å². The van der Waals surface area contributed by atoms with E-state index in [0.717, 1.165) is 0 Å². The first kappa shape index (κ1) is 10.4. The van der Waals surface area contributed by atoms with Crippen molar-refractivity contribution >= 4 is 23.2 Å². The Labute approximate surface area is 78.1 Å². The fourth-order valence-electron chi connectivity index (χ4n) is 1.15. The third-order valence-corrected chi connectivity index (χ3v) is 2.91. The Bertz CT molecular complexity index is 176. The fourth-order valence-corrected chi connectivity index (χ4v) is 1.69. The van der Waals surface area contributed by atoms with E-state index < -0.39 is 22.5 Å². The summed E-state index contributed by atoms with van der Waals surface area (Å²) in [7, 11) is 0. The Morgan fingerprint density at radius 3 is 1.92 bits per heavy atom. The SMILES string of the molecule is OC1(O)C(F)(F)CCCC1(Cl)Cl. The van der Waals surface area contributed by atoms with Crippen LogP contribution in [0, 0.1) is 0 Å². The summed E-state index contributed by atoms with van der Waals surface area (Å²) in [6.07, 6.45) is -0.594. The number of alkyl halides is 4. The maximum Gasteiger partial charge on any atom is 0.303 e. The molecule has 0 heterocycles. The van der Waals surface area contributed by atoms with Crippen molar-refractivity contribution in [2.45, 2.75) is 35.3 Å². The Morgan fingerprint density at radius 1 is 1.08 bits per heavy atom. The minimum absolute atomic E-state index is 0.0568. The highest BCUT2D eigenvalue weighted by Gasteiger charge is 2.65. The second-order valence-electron chi connectivity index (χ2n) is 2.93. The van der Waals surface area contributed by atoms with E-state index in [4.69, 9.17) is 33.4 Å². The lowest BCUT2D eigenvalue weighted by Gasteiger charge is -2.43. The van der Waals surface area contributed by atoms with Crippen molar-refractivity contribution in [3.05, 3.63) is 0 Å². The average molecular weight is 221 g/mol. The summed E-state index contributed by atoms with van der Waals surface area (Å²) in [5.41, 5.74) is 0. The highest BCUT2D eigenvalue weighted by molar-refractivity contribution is 6.49. The van der Waals surface area contributed by atoms with Crippen LogP contribution in [0.1, 0.15) is 19.3 Å². The molecule has 2 nitrogen and oxygen atoms in total. The quantitative estimate of drug-likeness (QED) is 0.482. The maximum atomic E-state index is 12.8. The number of halogens is 4. The van der Waals surface area contributed by atoms with E-state index in [1.54, 1.807) is 0 Å². The van der Waals surface area contributed by atoms with Crippen LogP contribution in [0.15, 0.2) is 0 Å². The summed E-state index contributed by atoms with van der Waals surface area (Å²) in [6.45, 7) is 0. The second kappa shape index (κ2) is 2.67. The predicted octanol–water partition coefficient (Wildman–Crippen LogP) is 1.66. The van der Waals surface area contributed by atoms with E-state index in [0.29, 0.717) is 0 Å². The van der Waals surface area contributed by atoms with E-state index >= 15 is 0 Å². The molecule has 1 saturated carbocycles. The first-order chi connectivity index (χ1) is 5.21. The van der Waals surface area contributed by atoms with Gasteiger partial charge in [0, 0.05) is 6.42 Å². The van der Waals surface area contributed by atoms with E-state index in [1.807, 2.05) is 0 Å². The lowest BCUT2D eigenvalue weighted by atomic mass is 9.89. The molecule has 6 heteroatoms. The molecule has 0 aromatic carbocycles. The second-order valence-corrected chi connectivity index (χ2v) is 4.42. The lowest BCUT2D eigenvalue weighted by molar-refractivity contribution is -0.315. The molecule has 0 aliphatic heterocycles. The average Bonchev–Trinajstić information content (AvgIpc) is 1.83. The summed E-state index contributed by atoms with van der Waals surface area (Å²) in [4.78, 5) is 0. The molecule has 1 fully saturated rings. The van der Waals surface area contributed by atoms with Crippen molar-refractivity contribution in [1.82, 2.24) is 0 Å². The van der Waals surface area contributed by atoms with Gasteiger partial charge in [0.15, 0.2) is 4.33 Å². The minimum atomic E-state index is -3.64. The van der Waals surface area contributed by atoms with Gasteiger partial charge in [0.1, 0.15) is 0 Å². The van der Waals surface area contributed by atoms with Gasteiger partial charge in [0.2, 0.25) is 0 Å². The normalized spacial score (nSPS) is 31.5. The monoisotopic (exact) mass is 220 g/mol. The molecule has 0 bridgehead atoms. The lowest BCUT2D eigenvalue weighted by Crippen LogP contribution is -2.62. The Morgan fingerprint density at radius 2 is 1.58 bits per heavy atom. The van der Waals surface area contributed by atoms with Crippen LogP contribution in [0.3, 0.4) is 0 Å². The van der Waals surface area contributed by atoms with Crippen molar-refractivity contribution in [2.24, 2.45) is 0 Å². The molecule has 0 unspecified atom stereocenters. The molecule has 2 N–H and O–H groups in total. The van der Waals surface area contributed by atoms with E-state index in [-0.39, 0.29) is 12.8 Å². The zero-order valence-corrected chi connectivity index (χ0v) is 7.54. The molecule has 0 radical (unpaired) electrons. The zero-order chi connectivity index (χ0) is 9.62. The zero-order valence-electron chi connectivity index (χ0n) is 6.03. The number of hydrogen-bond acceptors (Lipinski definition) is 2. The van der Waals surface area contributed by atoms with Gasteiger partial charge < -0.3 is 10.2 Å². The largest absolute Gasteiger partial charge is 0.359 e. The molecule has 1 aliphatic rings. The van der Waals surface area contributed by atoms with Gasteiger partial charge >= 0.3 is 5.92 Å². The van der Waals surface area contributed by atoms with Crippen LogP contribution >= 0.6 is 23.2 Å². The number of hydrogen-bond donors (Lipinski definition) is 2. The van der Waals surface area contributed by atoms with Crippen LogP contribution in [0.5, 0.6) is 0 Å². The molecule has 1 rings (SSSR count). The summed E-state index contributed by atoms with van der Waals surface area (Å²) < 4.78 is 23.4. The molecule has 0 spiro atoms. The van der Waals surface area contributed by atoms with Gasteiger partial charge in [-0.3, -0.25) is 0 Å². The molecular weight excluding hydrogens is 213 g/mol. The third-order valence-electron chi connectivity index (χ3n) is 2.00. The molecule has 12 heavy (non-hydrogen) atoms. The van der Waals surface area contributed by atoms with E-state index in [1.165, 1.54) is 0 Å². The summed E-state index contributed by atoms with van der Waals surface area (Å²) in [6, 6.07) is 0. The van der Waals surface area contributed by atoms with Gasteiger partial charge in [-0.25, -0.2) is 8.78 Å². The molecule has 0 aromatic heterocycles. The van der Waals surface area contributed by atoms with Crippen LogP contribution in [-0.4, -0.2) is 26.3 Å². The van der Waals surface area contributed by atoms with Crippen molar-refractivity contribution < 1.29 is 19.0 Å². The molecule has 1 aliphatic carbocycles. The van der Waals surface area contributed by atoms with E-state index in [2.05, 4.69) is 0 Å². The van der Waals surface area contributed by atoms with Crippen LogP contribution in [0.2, 0.25) is 0 Å². The summed E-state index contributed by atoms with van der Waals surface area (Å²) >= 11 is 10.7. The highest BCUT2D eigenvalue weighted by Crippen LogP contribution is 2.51. The molecular formula is C6H8Cl2F2O2. The molecule has 72 valence electrons. The first-order valence-electron chi connectivity index (χ1n) is 3.41.